The van der Waals surface area contributed by atoms with Crippen LogP contribution in [0.15, 0.2) is 12.5 Å². The first-order chi connectivity index (χ1) is 11.7. The van der Waals surface area contributed by atoms with Gasteiger partial charge in [0.1, 0.15) is 0 Å². The molecule has 7 nitrogen and oxygen atoms in total. The number of carboxylic acid groups (broad SMARTS) is 1. The summed E-state index contributed by atoms with van der Waals surface area (Å²) in [5.74, 6) is -1.93. The number of aromatic nitrogens is 2. The summed E-state index contributed by atoms with van der Waals surface area (Å²) in [6, 6.07) is 0. The van der Waals surface area contributed by atoms with E-state index >= 15 is 0 Å². The lowest BCUT2D eigenvalue weighted by atomic mass is 9.77. The van der Waals surface area contributed by atoms with E-state index < -0.39 is 21.9 Å². The zero-order chi connectivity index (χ0) is 18.2. The summed E-state index contributed by atoms with van der Waals surface area (Å²) < 4.78 is 29.1. The fraction of sp³-hybridized carbons (Fsp3) is 0.765. The van der Waals surface area contributed by atoms with E-state index in [2.05, 4.69) is 4.98 Å². The average molecular weight is 369 g/mol. The van der Waals surface area contributed by atoms with Crippen LogP contribution in [0.2, 0.25) is 0 Å². The zero-order valence-corrected chi connectivity index (χ0v) is 15.7. The third kappa shape index (κ3) is 3.74. The minimum Gasteiger partial charge on any atom is -0.481 e. The second kappa shape index (κ2) is 6.72. The van der Waals surface area contributed by atoms with Crippen LogP contribution in [-0.4, -0.2) is 52.2 Å². The van der Waals surface area contributed by atoms with Crippen molar-refractivity contribution in [1.29, 1.82) is 0 Å². The Morgan fingerprint density at radius 2 is 2.00 bits per heavy atom. The highest BCUT2D eigenvalue weighted by Crippen LogP contribution is 2.40. The predicted molar refractivity (Wildman–Crippen MR) is 93.6 cm³/mol. The van der Waals surface area contributed by atoms with Crippen molar-refractivity contribution in [2.45, 2.75) is 44.9 Å². The molecule has 0 bridgehead atoms. The molecular weight excluding hydrogens is 342 g/mol. The highest BCUT2D eigenvalue weighted by Gasteiger charge is 2.45. The fourth-order valence-electron chi connectivity index (χ4n) is 4.35. The first-order valence-corrected chi connectivity index (χ1v) is 10.5. The molecule has 1 saturated heterocycles. The smallest absolute Gasteiger partial charge is 0.308 e. The lowest BCUT2D eigenvalue weighted by molar-refractivity contribution is -0.141. The molecule has 1 aliphatic carbocycles. The Bertz CT molecular complexity index is 737. The molecular formula is C17H27N3O4S. The van der Waals surface area contributed by atoms with Crippen LogP contribution >= 0.6 is 0 Å². The zero-order valence-electron chi connectivity index (χ0n) is 14.9. The van der Waals surface area contributed by atoms with Gasteiger partial charge < -0.3 is 9.67 Å². The van der Waals surface area contributed by atoms with Crippen LogP contribution in [0.4, 0.5) is 0 Å². The van der Waals surface area contributed by atoms with Crippen LogP contribution < -0.4 is 0 Å². The highest BCUT2D eigenvalue weighted by molar-refractivity contribution is 7.89. The second-order valence-corrected chi connectivity index (χ2v) is 9.89. The Balaban J connectivity index is 1.80. The topological polar surface area (TPSA) is 92.5 Å². The number of hydrogen-bond acceptors (Lipinski definition) is 4. The first-order valence-electron chi connectivity index (χ1n) is 8.89. The summed E-state index contributed by atoms with van der Waals surface area (Å²) in [5.41, 5.74) is 0.578. The maximum Gasteiger partial charge on any atom is 0.308 e. The molecule has 1 N–H and O–H groups in total. The van der Waals surface area contributed by atoms with Crippen molar-refractivity contribution in [1.82, 2.24) is 13.9 Å². The van der Waals surface area contributed by atoms with Gasteiger partial charge in [0.05, 0.1) is 18.0 Å². The van der Waals surface area contributed by atoms with E-state index in [0.717, 1.165) is 31.4 Å². The minimum atomic E-state index is -3.48. The summed E-state index contributed by atoms with van der Waals surface area (Å²) in [6.45, 7) is 2.31. The molecule has 0 radical (unpaired) electrons. The molecule has 0 aromatic carbocycles. The molecule has 2 heterocycles. The highest BCUT2D eigenvalue weighted by atomic mass is 32.2. The van der Waals surface area contributed by atoms with E-state index in [4.69, 9.17) is 0 Å². The van der Waals surface area contributed by atoms with E-state index in [9.17, 15) is 18.3 Å². The van der Waals surface area contributed by atoms with Gasteiger partial charge in [-0.2, -0.15) is 0 Å². The minimum absolute atomic E-state index is 0.0452. The second-order valence-electron chi connectivity index (χ2n) is 7.93. The molecule has 8 heteroatoms. The summed E-state index contributed by atoms with van der Waals surface area (Å²) in [5, 5.41) is 9.58. The summed E-state index contributed by atoms with van der Waals surface area (Å²) in [6.07, 6.45) is 8.42. The van der Waals surface area contributed by atoms with Crippen molar-refractivity contribution in [2.75, 3.05) is 18.8 Å². The summed E-state index contributed by atoms with van der Waals surface area (Å²) in [7, 11) is -1.67. The Labute approximate surface area is 149 Å². The summed E-state index contributed by atoms with van der Waals surface area (Å²) in [4.78, 5) is 15.7. The van der Waals surface area contributed by atoms with Gasteiger partial charge in [-0.05, 0) is 18.3 Å². The molecule has 2 fully saturated rings. The van der Waals surface area contributed by atoms with Crippen LogP contribution in [-0.2, 0) is 21.9 Å². The number of nitrogens with zero attached hydrogens (tertiary/aromatic N) is 3. The summed E-state index contributed by atoms with van der Waals surface area (Å²) >= 11 is 0. The van der Waals surface area contributed by atoms with E-state index in [1.165, 1.54) is 10.7 Å². The molecule has 25 heavy (non-hydrogen) atoms. The quantitative estimate of drug-likeness (QED) is 0.855. The molecule has 0 unspecified atom stereocenters. The number of imidazole rings is 1. The van der Waals surface area contributed by atoms with Crippen molar-refractivity contribution < 1.29 is 18.3 Å². The Kier molecular flexibility index (Phi) is 4.94. The number of carboxylic acids is 1. The Morgan fingerprint density at radius 3 is 2.56 bits per heavy atom. The van der Waals surface area contributed by atoms with Gasteiger partial charge in [-0.25, -0.2) is 17.7 Å². The Hall–Kier alpha value is -1.41. The Morgan fingerprint density at radius 1 is 1.32 bits per heavy atom. The first kappa shape index (κ1) is 18.4. The number of carbonyl (C=O) groups is 1. The van der Waals surface area contributed by atoms with Crippen molar-refractivity contribution in [3.63, 3.8) is 0 Å². The van der Waals surface area contributed by atoms with Crippen LogP contribution in [0.1, 0.15) is 50.6 Å². The van der Waals surface area contributed by atoms with Crippen molar-refractivity contribution >= 4 is 16.0 Å². The van der Waals surface area contributed by atoms with E-state index in [-0.39, 0.29) is 30.2 Å². The predicted octanol–water partition coefficient (Wildman–Crippen LogP) is 1.82. The van der Waals surface area contributed by atoms with Gasteiger partial charge in [0.2, 0.25) is 10.0 Å². The maximum atomic E-state index is 13.0. The van der Waals surface area contributed by atoms with Gasteiger partial charge in [-0.15, -0.1) is 0 Å². The van der Waals surface area contributed by atoms with Gasteiger partial charge >= 0.3 is 5.97 Å². The molecule has 3 rings (SSSR count). The van der Waals surface area contributed by atoms with Gasteiger partial charge in [0.15, 0.2) is 0 Å². The molecule has 0 spiro atoms. The number of sulfonamides is 1. The molecule has 140 valence electrons. The van der Waals surface area contributed by atoms with Crippen molar-refractivity contribution in [3.8, 4) is 0 Å². The fourth-order valence-corrected chi connectivity index (χ4v) is 6.48. The molecule has 1 aromatic heterocycles. The molecule has 0 amide bonds. The SMILES string of the molecule is Cn1cncc1[C@@H]1CN(S(=O)(=O)CC2(C)CCCCC2)C[C@H]1C(=O)O. The van der Waals surface area contributed by atoms with Gasteiger partial charge in [0.25, 0.3) is 0 Å². The molecule has 1 saturated carbocycles. The molecule has 2 aliphatic rings. The average Bonchev–Trinajstić information content (AvgIpc) is 3.13. The van der Waals surface area contributed by atoms with E-state index in [1.54, 1.807) is 17.1 Å². The van der Waals surface area contributed by atoms with Crippen LogP contribution in [0.3, 0.4) is 0 Å². The molecule has 1 aliphatic heterocycles. The van der Waals surface area contributed by atoms with E-state index in [1.807, 2.05) is 14.0 Å². The number of rotatable bonds is 5. The number of hydrogen-bond donors (Lipinski definition) is 1. The van der Waals surface area contributed by atoms with Crippen molar-refractivity contribution in [2.24, 2.45) is 18.4 Å². The maximum absolute atomic E-state index is 13.0. The lowest BCUT2D eigenvalue weighted by Crippen LogP contribution is -2.39. The third-order valence-electron chi connectivity index (χ3n) is 5.82. The van der Waals surface area contributed by atoms with Gasteiger partial charge in [0, 0.05) is 37.9 Å². The van der Waals surface area contributed by atoms with Crippen LogP contribution in [0.5, 0.6) is 0 Å². The monoisotopic (exact) mass is 369 g/mol. The number of aliphatic carboxylic acids is 1. The van der Waals surface area contributed by atoms with Crippen LogP contribution in [0, 0.1) is 11.3 Å². The normalized spacial score (nSPS) is 27.4. The number of aryl methyl sites for hydroxylation is 1. The largest absolute Gasteiger partial charge is 0.481 e. The lowest BCUT2D eigenvalue weighted by Gasteiger charge is -2.34. The standard InChI is InChI=1S/C17H27N3O4S/c1-17(6-4-3-5-7-17)11-25(23,24)20-9-13(14(10-20)16(21)22)15-8-18-12-19(15)2/h8,12-14H,3-7,9-11H2,1-2H3,(H,21,22)/t13-,14-/m1/s1. The van der Waals surface area contributed by atoms with Crippen LogP contribution in [0.25, 0.3) is 0 Å². The van der Waals surface area contributed by atoms with Gasteiger partial charge in [-0.3, -0.25) is 4.79 Å². The van der Waals surface area contributed by atoms with Crippen molar-refractivity contribution in [3.05, 3.63) is 18.2 Å². The van der Waals surface area contributed by atoms with Gasteiger partial charge in [-0.1, -0.05) is 26.2 Å². The van der Waals surface area contributed by atoms with E-state index in [0.29, 0.717) is 0 Å². The third-order valence-corrected chi connectivity index (χ3v) is 7.97. The molecule has 1 aromatic rings. The molecule has 2 atom stereocenters.